The number of fused-ring (bicyclic) bond motifs is 2. The van der Waals surface area contributed by atoms with Crippen LogP contribution in [0.5, 0.6) is 0 Å². The smallest absolute Gasteiger partial charge is 0.155 e. The molecule has 0 aliphatic rings. The van der Waals surface area contributed by atoms with Gasteiger partial charge in [-0.1, -0.05) is 0 Å². The SMILES string of the molecule is c1ncc2cc(-c3ccn4nccc4n3)cn2n1. The van der Waals surface area contributed by atoms with Crippen molar-refractivity contribution in [3.05, 3.63) is 49.3 Å². The van der Waals surface area contributed by atoms with Crippen LogP contribution in [0.4, 0.5) is 0 Å². The summed E-state index contributed by atoms with van der Waals surface area (Å²) >= 11 is 0. The third-order valence-electron chi connectivity index (χ3n) is 2.83. The fourth-order valence-electron chi connectivity index (χ4n) is 1.97. The first-order valence-electron chi connectivity index (χ1n) is 5.49. The lowest BCUT2D eigenvalue weighted by atomic mass is 10.2. The maximum atomic E-state index is 4.54. The van der Waals surface area contributed by atoms with Crippen molar-refractivity contribution in [1.29, 1.82) is 0 Å². The van der Waals surface area contributed by atoms with E-state index in [9.17, 15) is 0 Å². The van der Waals surface area contributed by atoms with Crippen LogP contribution < -0.4 is 0 Å². The van der Waals surface area contributed by atoms with Crippen molar-refractivity contribution in [3.8, 4) is 11.3 Å². The van der Waals surface area contributed by atoms with E-state index in [-0.39, 0.29) is 0 Å². The van der Waals surface area contributed by atoms with Crippen molar-refractivity contribution >= 4 is 11.2 Å². The van der Waals surface area contributed by atoms with Gasteiger partial charge in [0, 0.05) is 24.0 Å². The number of hydrogen-bond acceptors (Lipinski definition) is 4. The fraction of sp³-hybridized carbons (Fsp3) is 0. The van der Waals surface area contributed by atoms with Crippen LogP contribution >= 0.6 is 0 Å². The summed E-state index contributed by atoms with van der Waals surface area (Å²) in [7, 11) is 0. The van der Waals surface area contributed by atoms with Crippen molar-refractivity contribution in [2.45, 2.75) is 0 Å². The van der Waals surface area contributed by atoms with E-state index in [0.717, 1.165) is 22.4 Å². The molecule has 0 N–H and O–H groups in total. The van der Waals surface area contributed by atoms with Crippen LogP contribution in [-0.2, 0) is 0 Å². The first kappa shape index (κ1) is 9.29. The second kappa shape index (κ2) is 3.36. The van der Waals surface area contributed by atoms with Gasteiger partial charge in [-0.3, -0.25) is 0 Å². The zero-order valence-electron chi connectivity index (χ0n) is 9.30. The Hall–Kier alpha value is -2.76. The van der Waals surface area contributed by atoms with Crippen LogP contribution in [0.3, 0.4) is 0 Å². The van der Waals surface area contributed by atoms with Crippen molar-refractivity contribution in [2.24, 2.45) is 0 Å². The molecule has 4 aromatic heterocycles. The van der Waals surface area contributed by atoms with E-state index in [2.05, 4.69) is 20.2 Å². The van der Waals surface area contributed by atoms with Gasteiger partial charge in [-0.2, -0.15) is 10.2 Å². The van der Waals surface area contributed by atoms with Gasteiger partial charge in [-0.05, 0) is 12.1 Å². The number of nitrogens with zero attached hydrogens (tertiary/aromatic N) is 6. The molecule has 18 heavy (non-hydrogen) atoms. The summed E-state index contributed by atoms with van der Waals surface area (Å²) < 4.78 is 3.52. The lowest BCUT2D eigenvalue weighted by Gasteiger charge is -1.97. The van der Waals surface area contributed by atoms with Gasteiger partial charge < -0.3 is 0 Å². The minimum atomic E-state index is 0.828. The number of rotatable bonds is 1. The van der Waals surface area contributed by atoms with Crippen LogP contribution in [0.2, 0.25) is 0 Å². The van der Waals surface area contributed by atoms with Crippen LogP contribution in [0.1, 0.15) is 0 Å². The van der Waals surface area contributed by atoms with Crippen molar-refractivity contribution in [2.75, 3.05) is 0 Å². The zero-order chi connectivity index (χ0) is 11.9. The van der Waals surface area contributed by atoms with E-state index >= 15 is 0 Å². The van der Waals surface area contributed by atoms with Crippen LogP contribution in [0.15, 0.2) is 49.3 Å². The molecule has 0 spiro atoms. The Morgan fingerprint density at radius 3 is 3.00 bits per heavy atom. The topological polar surface area (TPSA) is 60.4 Å². The Morgan fingerprint density at radius 2 is 2.06 bits per heavy atom. The monoisotopic (exact) mass is 236 g/mol. The molecule has 0 saturated heterocycles. The molecule has 4 aromatic rings. The normalized spacial score (nSPS) is 11.3. The molecule has 0 unspecified atom stereocenters. The maximum Gasteiger partial charge on any atom is 0.155 e. The van der Waals surface area contributed by atoms with Crippen molar-refractivity contribution in [1.82, 2.24) is 29.2 Å². The van der Waals surface area contributed by atoms with Gasteiger partial charge in [-0.25, -0.2) is 19.0 Å². The Labute approximate surface area is 102 Å². The molecule has 0 saturated carbocycles. The number of aromatic nitrogens is 6. The van der Waals surface area contributed by atoms with E-state index < -0.39 is 0 Å². The summed E-state index contributed by atoms with van der Waals surface area (Å²) in [5.74, 6) is 0. The molecule has 0 amide bonds. The van der Waals surface area contributed by atoms with Crippen LogP contribution in [0.25, 0.3) is 22.4 Å². The fourth-order valence-corrected chi connectivity index (χ4v) is 1.97. The van der Waals surface area contributed by atoms with Gasteiger partial charge in [0.2, 0.25) is 0 Å². The standard InChI is InChI=1S/C12H8N6/c1-3-14-17-4-2-11(16-12(1)17)9-5-10-6-13-8-15-18(10)7-9/h1-8H. The lowest BCUT2D eigenvalue weighted by Crippen LogP contribution is -1.91. The minimum Gasteiger partial charge on any atom is -0.241 e. The van der Waals surface area contributed by atoms with Crippen LogP contribution in [0, 0.1) is 0 Å². The molecule has 86 valence electrons. The van der Waals surface area contributed by atoms with E-state index in [4.69, 9.17) is 0 Å². The molecule has 4 rings (SSSR count). The molecule has 0 aliphatic carbocycles. The Balaban J connectivity index is 1.94. The highest BCUT2D eigenvalue weighted by atomic mass is 15.2. The Kier molecular flexibility index (Phi) is 1.74. The molecule has 0 radical (unpaired) electrons. The Bertz CT molecular complexity index is 811. The summed E-state index contributed by atoms with van der Waals surface area (Å²) in [6.07, 6.45) is 8.85. The summed E-state index contributed by atoms with van der Waals surface area (Å²) in [5, 5.41) is 8.26. The predicted octanol–water partition coefficient (Wildman–Crippen LogP) is 1.44. The summed E-state index contributed by atoms with van der Waals surface area (Å²) in [5.41, 5.74) is 3.68. The molecule has 0 aromatic carbocycles. The largest absolute Gasteiger partial charge is 0.241 e. The first-order chi connectivity index (χ1) is 8.90. The summed E-state index contributed by atoms with van der Waals surface area (Å²) in [6, 6.07) is 5.82. The van der Waals surface area contributed by atoms with E-state index in [1.165, 1.54) is 6.33 Å². The average Bonchev–Trinajstić information content (AvgIpc) is 3.04. The van der Waals surface area contributed by atoms with Crippen LogP contribution in [-0.4, -0.2) is 29.2 Å². The van der Waals surface area contributed by atoms with Gasteiger partial charge in [0.25, 0.3) is 0 Å². The third-order valence-corrected chi connectivity index (χ3v) is 2.83. The van der Waals surface area contributed by atoms with Gasteiger partial charge >= 0.3 is 0 Å². The van der Waals surface area contributed by atoms with Crippen molar-refractivity contribution in [3.63, 3.8) is 0 Å². The van der Waals surface area contributed by atoms with E-state index in [0.29, 0.717) is 0 Å². The molecule has 4 heterocycles. The van der Waals surface area contributed by atoms with Gasteiger partial charge in [0.05, 0.1) is 23.6 Å². The molecule has 0 fully saturated rings. The van der Waals surface area contributed by atoms with E-state index in [1.54, 1.807) is 21.4 Å². The minimum absolute atomic E-state index is 0.828. The maximum absolute atomic E-state index is 4.54. The third kappa shape index (κ3) is 1.29. The lowest BCUT2D eigenvalue weighted by molar-refractivity contribution is 0.903. The first-order valence-corrected chi connectivity index (χ1v) is 5.49. The molecule has 0 atom stereocenters. The van der Waals surface area contributed by atoms with Crippen molar-refractivity contribution < 1.29 is 0 Å². The zero-order valence-corrected chi connectivity index (χ0v) is 9.30. The predicted molar refractivity (Wildman–Crippen MR) is 65.0 cm³/mol. The number of hydrogen-bond donors (Lipinski definition) is 0. The molecule has 0 aliphatic heterocycles. The second-order valence-electron chi connectivity index (χ2n) is 3.95. The van der Waals surface area contributed by atoms with Gasteiger partial charge in [0.1, 0.15) is 6.33 Å². The highest BCUT2D eigenvalue weighted by molar-refractivity contribution is 5.67. The average molecular weight is 236 g/mol. The molecular weight excluding hydrogens is 228 g/mol. The highest BCUT2D eigenvalue weighted by Crippen LogP contribution is 2.20. The second-order valence-corrected chi connectivity index (χ2v) is 3.95. The highest BCUT2D eigenvalue weighted by Gasteiger charge is 2.05. The molecule has 6 nitrogen and oxygen atoms in total. The van der Waals surface area contributed by atoms with E-state index in [1.807, 2.05) is 30.6 Å². The van der Waals surface area contributed by atoms with Gasteiger partial charge in [-0.15, -0.1) is 0 Å². The molecule has 6 heteroatoms. The summed E-state index contributed by atoms with van der Waals surface area (Å²) in [6.45, 7) is 0. The molecule has 0 bridgehead atoms. The van der Waals surface area contributed by atoms with Gasteiger partial charge in [0.15, 0.2) is 5.65 Å². The quantitative estimate of drug-likeness (QED) is 0.501. The summed E-state index contributed by atoms with van der Waals surface area (Å²) in [4.78, 5) is 8.53. The molecular formula is C12H8N6. The Morgan fingerprint density at radius 1 is 1.06 bits per heavy atom.